The fraction of sp³-hybridized carbons (Fsp3) is 0.103. The molecule has 0 radical (unpaired) electrons. The number of Topliss-reactive ketones (excluding diaryl/α,β-unsaturated/α-hetero) is 1. The van der Waals surface area contributed by atoms with Gasteiger partial charge < -0.3 is 9.84 Å². The molecule has 0 aromatic heterocycles. The molecule has 4 aromatic carbocycles. The highest BCUT2D eigenvalue weighted by Crippen LogP contribution is 2.43. The molecule has 1 atom stereocenters. The molecular formula is C29H22ClNO4. The molecule has 5 rings (SSSR count). The molecule has 0 bridgehead atoms. The van der Waals surface area contributed by atoms with E-state index in [9.17, 15) is 14.7 Å². The maximum Gasteiger partial charge on any atom is 0.300 e. The van der Waals surface area contributed by atoms with Gasteiger partial charge >= 0.3 is 0 Å². The first-order valence-electron chi connectivity index (χ1n) is 11.3. The summed E-state index contributed by atoms with van der Waals surface area (Å²) in [5.74, 6) is -1.08. The maximum absolute atomic E-state index is 13.4. The maximum atomic E-state index is 13.4. The van der Waals surface area contributed by atoms with Gasteiger partial charge in [0.05, 0.1) is 18.2 Å². The smallest absolute Gasteiger partial charge is 0.300 e. The van der Waals surface area contributed by atoms with Gasteiger partial charge in [-0.05, 0) is 59.7 Å². The van der Waals surface area contributed by atoms with Gasteiger partial charge in [0.25, 0.3) is 11.7 Å². The third kappa shape index (κ3) is 4.04. The van der Waals surface area contributed by atoms with Crippen LogP contribution in [0.4, 0.5) is 5.69 Å². The fourth-order valence-corrected chi connectivity index (χ4v) is 4.66. The molecule has 1 unspecified atom stereocenters. The molecule has 1 fully saturated rings. The number of benzene rings is 4. The topological polar surface area (TPSA) is 66.8 Å². The molecule has 1 aliphatic heterocycles. The lowest BCUT2D eigenvalue weighted by Gasteiger charge is -2.26. The number of rotatable bonds is 5. The van der Waals surface area contributed by atoms with Crippen molar-refractivity contribution in [2.75, 3.05) is 11.5 Å². The van der Waals surface area contributed by atoms with E-state index < -0.39 is 17.7 Å². The zero-order valence-electron chi connectivity index (χ0n) is 18.9. The van der Waals surface area contributed by atoms with Gasteiger partial charge in [-0.15, -0.1) is 0 Å². The Labute approximate surface area is 207 Å². The van der Waals surface area contributed by atoms with E-state index in [1.54, 1.807) is 42.5 Å². The number of aliphatic hydroxyl groups is 1. The van der Waals surface area contributed by atoms with E-state index in [-0.39, 0.29) is 11.3 Å². The van der Waals surface area contributed by atoms with E-state index in [4.69, 9.17) is 16.3 Å². The van der Waals surface area contributed by atoms with Gasteiger partial charge in [-0.2, -0.15) is 0 Å². The monoisotopic (exact) mass is 483 g/mol. The van der Waals surface area contributed by atoms with Crippen LogP contribution in [-0.4, -0.2) is 23.4 Å². The number of halogens is 1. The van der Waals surface area contributed by atoms with E-state index in [0.717, 1.165) is 10.8 Å². The lowest BCUT2D eigenvalue weighted by Crippen LogP contribution is -2.29. The Morgan fingerprint density at radius 2 is 1.66 bits per heavy atom. The Morgan fingerprint density at radius 1 is 0.943 bits per heavy atom. The third-order valence-electron chi connectivity index (χ3n) is 6.08. The van der Waals surface area contributed by atoms with Gasteiger partial charge in [-0.25, -0.2) is 0 Å². The number of fused-ring (bicyclic) bond motifs is 1. The van der Waals surface area contributed by atoms with E-state index >= 15 is 0 Å². The minimum absolute atomic E-state index is 0.0231. The minimum atomic E-state index is -0.851. The number of ether oxygens (including phenoxy) is 1. The molecule has 0 aliphatic carbocycles. The zero-order valence-corrected chi connectivity index (χ0v) is 19.7. The lowest BCUT2D eigenvalue weighted by molar-refractivity contribution is -0.132. The second-order valence-electron chi connectivity index (χ2n) is 8.18. The van der Waals surface area contributed by atoms with Gasteiger partial charge in [0, 0.05) is 16.3 Å². The zero-order chi connectivity index (χ0) is 24.5. The van der Waals surface area contributed by atoms with Crippen molar-refractivity contribution in [3.05, 3.63) is 113 Å². The second-order valence-corrected chi connectivity index (χ2v) is 8.61. The first-order chi connectivity index (χ1) is 17.0. The largest absolute Gasteiger partial charge is 0.507 e. The number of amides is 1. The van der Waals surface area contributed by atoms with Crippen molar-refractivity contribution in [3.8, 4) is 5.75 Å². The highest BCUT2D eigenvalue weighted by Gasteiger charge is 2.47. The highest BCUT2D eigenvalue weighted by atomic mass is 35.5. The fourth-order valence-electron chi connectivity index (χ4n) is 4.53. The number of aliphatic hydroxyl groups excluding tert-OH is 1. The first-order valence-corrected chi connectivity index (χ1v) is 11.6. The standard InChI is InChI=1S/C29H22ClNO4/c1-2-35-22-10-5-9-19(17-22)26-25(27(32)24-12-6-8-18-7-3-4-11-23(18)24)28(33)29(34)31(26)21-15-13-20(30)14-16-21/h3-17,26,32H,2H2,1H3/b27-25-. The van der Waals surface area contributed by atoms with Gasteiger partial charge in [0.2, 0.25) is 0 Å². The predicted octanol–water partition coefficient (Wildman–Crippen LogP) is 6.52. The van der Waals surface area contributed by atoms with Crippen LogP contribution in [0.5, 0.6) is 5.75 Å². The van der Waals surface area contributed by atoms with Crippen LogP contribution in [-0.2, 0) is 9.59 Å². The number of anilines is 1. The summed E-state index contributed by atoms with van der Waals surface area (Å²) in [5.41, 5.74) is 1.66. The third-order valence-corrected chi connectivity index (χ3v) is 6.33. The minimum Gasteiger partial charge on any atom is -0.507 e. The number of ketones is 1. The highest BCUT2D eigenvalue weighted by molar-refractivity contribution is 6.52. The Bertz CT molecular complexity index is 1470. The summed E-state index contributed by atoms with van der Waals surface area (Å²) in [6.45, 7) is 2.35. The molecule has 5 nitrogen and oxygen atoms in total. The van der Waals surface area contributed by atoms with Gasteiger partial charge in [0.1, 0.15) is 11.5 Å². The SMILES string of the molecule is CCOc1cccc(C2/C(=C(/O)c3cccc4ccccc34)C(=O)C(=O)N2c2ccc(Cl)cc2)c1. The molecular weight excluding hydrogens is 462 g/mol. The average Bonchev–Trinajstić information content (AvgIpc) is 3.14. The van der Waals surface area contributed by atoms with Crippen molar-refractivity contribution in [1.29, 1.82) is 0 Å². The lowest BCUT2D eigenvalue weighted by atomic mass is 9.93. The molecule has 1 amide bonds. The summed E-state index contributed by atoms with van der Waals surface area (Å²) in [5, 5.41) is 13.8. The second kappa shape index (κ2) is 9.28. The quantitative estimate of drug-likeness (QED) is 0.199. The van der Waals surface area contributed by atoms with Crippen LogP contribution in [0.1, 0.15) is 24.1 Å². The van der Waals surface area contributed by atoms with E-state index in [1.165, 1.54) is 4.90 Å². The molecule has 174 valence electrons. The number of carbonyl (C=O) groups is 2. The Hall–Kier alpha value is -4.09. The Balaban J connectivity index is 1.76. The summed E-state index contributed by atoms with van der Waals surface area (Å²) in [6.07, 6.45) is 0. The van der Waals surface area contributed by atoms with Crippen LogP contribution in [0.3, 0.4) is 0 Å². The van der Waals surface area contributed by atoms with Crippen LogP contribution in [0.15, 0.2) is 96.6 Å². The molecule has 0 saturated carbocycles. The number of carbonyl (C=O) groups excluding carboxylic acids is 2. The number of hydrogen-bond donors (Lipinski definition) is 1. The van der Waals surface area contributed by atoms with Crippen LogP contribution < -0.4 is 9.64 Å². The van der Waals surface area contributed by atoms with Crippen molar-refractivity contribution in [2.45, 2.75) is 13.0 Å². The Kier molecular flexibility index (Phi) is 6.01. The normalized spacial score (nSPS) is 17.2. The van der Waals surface area contributed by atoms with Gasteiger partial charge in [-0.3, -0.25) is 14.5 Å². The molecule has 4 aromatic rings. The van der Waals surface area contributed by atoms with Crippen molar-refractivity contribution in [2.24, 2.45) is 0 Å². The van der Waals surface area contributed by atoms with Crippen molar-refractivity contribution in [1.82, 2.24) is 0 Å². The van der Waals surface area contributed by atoms with Crippen molar-refractivity contribution >= 4 is 45.5 Å². The molecule has 1 heterocycles. The molecule has 1 aliphatic rings. The molecule has 6 heteroatoms. The van der Waals surface area contributed by atoms with Crippen LogP contribution in [0.2, 0.25) is 5.02 Å². The van der Waals surface area contributed by atoms with Gasteiger partial charge in [-0.1, -0.05) is 66.2 Å². The average molecular weight is 484 g/mol. The molecule has 1 saturated heterocycles. The molecule has 0 spiro atoms. The van der Waals surface area contributed by atoms with E-state index in [0.29, 0.717) is 34.2 Å². The van der Waals surface area contributed by atoms with Crippen molar-refractivity contribution in [3.63, 3.8) is 0 Å². The first kappa shape index (κ1) is 22.7. The molecule has 1 N–H and O–H groups in total. The van der Waals surface area contributed by atoms with Crippen LogP contribution in [0, 0.1) is 0 Å². The van der Waals surface area contributed by atoms with E-state index in [1.807, 2.05) is 55.5 Å². The summed E-state index contributed by atoms with van der Waals surface area (Å²) < 4.78 is 5.67. The predicted molar refractivity (Wildman–Crippen MR) is 138 cm³/mol. The Morgan fingerprint density at radius 3 is 2.43 bits per heavy atom. The van der Waals surface area contributed by atoms with Crippen LogP contribution >= 0.6 is 11.6 Å². The summed E-state index contributed by atoms with van der Waals surface area (Å²) in [4.78, 5) is 28.2. The van der Waals surface area contributed by atoms with Crippen molar-refractivity contribution < 1.29 is 19.4 Å². The van der Waals surface area contributed by atoms with Crippen LogP contribution in [0.25, 0.3) is 16.5 Å². The molecule has 35 heavy (non-hydrogen) atoms. The summed E-state index contributed by atoms with van der Waals surface area (Å²) in [6, 6.07) is 26.2. The van der Waals surface area contributed by atoms with E-state index in [2.05, 4.69) is 0 Å². The number of nitrogens with zero attached hydrogens (tertiary/aromatic N) is 1. The summed E-state index contributed by atoms with van der Waals surface area (Å²) >= 11 is 6.07. The summed E-state index contributed by atoms with van der Waals surface area (Å²) in [7, 11) is 0. The van der Waals surface area contributed by atoms with Gasteiger partial charge in [0.15, 0.2) is 0 Å². The number of hydrogen-bond acceptors (Lipinski definition) is 4.